The molecular formula is C12H13Br. The van der Waals surface area contributed by atoms with E-state index in [9.17, 15) is 0 Å². The first-order chi connectivity index (χ1) is 6.36. The van der Waals surface area contributed by atoms with E-state index in [0.29, 0.717) is 0 Å². The van der Waals surface area contributed by atoms with Crippen LogP contribution in [0.4, 0.5) is 0 Å². The first-order valence-corrected chi connectivity index (χ1v) is 5.36. The Balaban J connectivity index is 2.62. The molecule has 0 aromatic heterocycles. The average Bonchev–Trinajstić information content (AvgIpc) is 2.17. The highest BCUT2D eigenvalue weighted by molar-refractivity contribution is 9.12. The Hall–Kier alpha value is -0.740. The number of unbranched alkanes of at least 4 members (excludes halogenated alkanes) is 1. The lowest BCUT2D eigenvalue weighted by Gasteiger charge is -1.98. The van der Waals surface area contributed by atoms with Crippen LogP contribution in [0.2, 0.25) is 0 Å². The molecule has 68 valence electrons. The van der Waals surface area contributed by atoms with Crippen molar-refractivity contribution in [2.24, 2.45) is 0 Å². The smallest absolute Gasteiger partial charge is 0.0254 e. The third-order valence-corrected chi connectivity index (χ3v) is 2.16. The molecule has 0 aliphatic rings. The monoisotopic (exact) mass is 236 g/mol. The van der Waals surface area contributed by atoms with Crippen molar-refractivity contribution >= 4 is 15.9 Å². The quantitative estimate of drug-likeness (QED) is 0.702. The molecule has 0 unspecified atom stereocenters. The van der Waals surface area contributed by atoms with Crippen LogP contribution < -0.4 is 0 Å². The van der Waals surface area contributed by atoms with Gasteiger partial charge >= 0.3 is 0 Å². The van der Waals surface area contributed by atoms with E-state index < -0.39 is 0 Å². The summed E-state index contributed by atoms with van der Waals surface area (Å²) in [7, 11) is 0. The van der Waals surface area contributed by atoms with E-state index in [1.165, 1.54) is 24.8 Å². The van der Waals surface area contributed by atoms with Crippen LogP contribution in [-0.2, 0) is 6.42 Å². The second-order valence-corrected chi connectivity index (χ2v) is 3.42. The second-order valence-electron chi connectivity index (χ2n) is 3.02. The molecule has 0 aliphatic carbocycles. The third-order valence-electron chi connectivity index (χ3n) is 1.96. The highest BCUT2D eigenvalue weighted by Gasteiger charge is 1.91. The molecule has 0 amide bonds. The van der Waals surface area contributed by atoms with Crippen LogP contribution in [0.1, 0.15) is 30.9 Å². The van der Waals surface area contributed by atoms with Crippen molar-refractivity contribution in [2.45, 2.75) is 26.2 Å². The van der Waals surface area contributed by atoms with E-state index in [0.717, 1.165) is 5.56 Å². The van der Waals surface area contributed by atoms with E-state index in [-0.39, 0.29) is 0 Å². The highest BCUT2D eigenvalue weighted by Crippen LogP contribution is 2.07. The lowest BCUT2D eigenvalue weighted by molar-refractivity contribution is 0.795. The van der Waals surface area contributed by atoms with E-state index in [4.69, 9.17) is 0 Å². The summed E-state index contributed by atoms with van der Waals surface area (Å²) < 4.78 is 0. The molecule has 0 atom stereocenters. The summed E-state index contributed by atoms with van der Waals surface area (Å²) >= 11 is 3.09. The number of hydrogen-bond acceptors (Lipinski definition) is 0. The minimum atomic E-state index is 1.07. The van der Waals surface area contributed by atoms with Crippen LogP contribution in [0.15, 0.2) is 24.3 Å². The van der Waals surface area contributed by atoms with Gasteiger partial charge in [0.1, 0.15) is 0 Å². The van der Waals surface area contributed by atoms with Gasteiger partial charge in [0.2, 0.25) is 0 Å². The minimum absolute atomic E-state index is 1.07. The SMILES string of the molecule is CCCCc1ccc(C#CBr)cc1. The standard InChI is InChI=1S/C12H13Br/c1-2-3-4-11-5-7-12(8-6-11)9-10-13/h5-8H,2-4H2,1H3. The zero-order valence-corrected chi connectivity index (χ0v) is 9.39. The first kappa shape index (κ1) is 10.3. The van der Waals surface area contributed by atoms with E-state index in [1.807, 2.05) is 0 Å². The van der Waals surface area contributed by atoms with Gasteiger partial charge in [0.15, 0.2) is 0 Å². The molecule has 0 heterocycles. The largest absolute Gasteiger partial charge is 0.0654 e. The van der Waals surface area contributed by atoms with Gasteiger partial charge in [-0.25, -0.2) is 0 Å². The number of benzene rings is 1. The zero-order chi connectivity index (χ0) is 9.52. The zero-order valence-electron chi connectivity index (χ0n) is 7.81. The molecule has 0 aliphatic heterocycles. The Morgan fingerprint density at radius 1 is 1.23 bits per heavy atom. The fourth-order valence-electron chi connectivity index (χ4n) is 1.19. The lowest BCUT2D eigenvalue weighted by atomic mass is 10.1. The van der Waals surface area contributed by atoms with Gasteiger partial charge in [-0.15, -0.1) is 0 Å². The molecule has 0 nitrogen and oxygen atoms in total. The van der Waals surface area contributed by atoms with Gasteiger partial charge in [-0.2, -0.15) is 0 Å². The highest BCUT2D eigenvalue weighted by atomic mass is 79.9. The van der Waals surface area contributed by atoms with Crippen LogP contribution in [0, 0.1) is 10.8 Å². The molecule has 0 fully saturated rings. The normalized spacial score (nSPS) is 9.08. The molecule has 1 heteroatoms. The second kappa shape index (κ2) is 5.83. The molecule has 0 radical (unpaired) electrons. The average molecular weight is 237 g/mol. The van der Waals surface area contributed by atoms with Crippen LogP contribution in [0.3, 0.4) is 0 Å². The fourth-order valence-corrected chi connectivity index (χ4v) is 1.42. The first-order valence-electron chi connectivity index (χ1n) is 4.57. The molecular weight excluding hydrogens is 224 g/mol. The number of halogens is 1. The number of rotatable bonds is 3. The summed E-state index contributed by atoms with van der Waals surface area (Å²) in [5.74, 6) is 2.96. The van der Waals surface area contributed by atoms with E-state index in [2.05, 4.69) is 57.9 Å². The molecule has 0 N–H and O–H groups in total. The molecule has 0 spiro atoms. The van der Waals surface area contributed by atoms with Crippen molar-refractivity contribution in [3.05, 3.63) is 35.4 Å². The van der Waals surface area contributed by atoms with Gasteiger partial charge in [-0.1, -0.05) is 31.4 Å². The van der Waals surface area contributed by atoms with Crippen LogP contribution in [0.25, 0.3) is 0 Å². The summed E-state index contributed by atoms with van der Waals surface area (Å²) in [6, 6.07) is 8.45. The van der Waals surface area contributed by atoms with Gasteiger partial charge in [0.25, 0.3) is 0 Å². The van der Waals surface area contributed by atoms with Gasteiger partial charge in [-0.05, 0) is 35.4 Å². The third kappa shape index (κ3) is 3.65. The summed E-state index contributed by atoms with van der Waals surface area (Å²) in [6.45, 7) is 2.21. The van der Waals surface area contributed by atoms with Crippen molar-refractivity contribution in [1.82, 2.24) is 0 Å². The van der Waals surface area contributed by atoms with Crippen molar-refractivity contribution in [2.75, 3.05) is 0 Å². The molecule has 0 saturated heterocycles. The molecule has 13 heavy (non-hydrogen) atoms. The van der Waals surface area contributed by atoms with Gasteiger partial charge in [0.05, 0.1) is 0 Å². The maximum atomic E-state index is 3.09. The minimum Gasteiger partial charge on any atom is -0.0654 e. The van der Waals surface area contributed by atoms with Crippen molar-refractivity contribution in [3.63, 3.8) is 0 Å². The Morgan fingerprint density at radius 3 is 2.46 bits per heavy atom. The van der Waals surface area contributed by atoms with Gasteiger partial charge in [0, 0.05) is 21.5 Å². The molecule has 0 saturated carbocycles. The van der Waals surface area contributed by atoms with E-state index in [1.54, 1.807) is 0 Å². The fraction of sp³-hybridized carbons (Fsp3) is 0.333. The Bertz CT molecular complexity index is 300. The van der Waals surface area contributed by atoms with Crippen LogP contribution in [0.5, 0.6) is 0 Å². The summed E-state index contributed by atoms with van der Waals surface area (Å²) in [6.07, 6.45) is 3.70. The molecule has 1 aromatic carbocycles. The molecule has 0 bridgehead atoms. The topological polar surface area (TPSA) is 0 Å². The predicted octanol–water partition coefficient (Wildman–Crippen LogP) is 3.73. The molecule has 1 aromatic rings. The van der Waals surface area contributed by atoms with Crippen LogP contribution in [-0.4, -0.2) is 0 Å². The summed E-state index contributed by atoms with van der Waals surface area (Å²) in [5.41, 5.74) is 2.47. The van der Waals surface area contributed by atoms with Crippen molar-refractivity contribution in [1.29, 1.82) is 0 Å². The Kier molecular flexibility index (Phi) is 4.64. The maximum Gasteiger partial charge on any atom is 0.0254 e. The van der Waals surface area contributed by atoms with Gasteiger partial charge < -0.3 is 0 Å². The van der Waals surface area contributed by atoms with Crippen LogP contribution >= 0.6 is 15.9 Å². The summed E-state index contributed by atoms with van der Waals surface area (Å²) in [5, 5.41) is 0. The molecule has 1 rings (SSSR count). The number of aryl methyl sites for hydroxylation is 1. The van der Waals surface area contributed by atoms with Crippen molar-refractivity contribution in [3.8, 4) is 10.8 Å². The maximum absolute atomic E-state index is 3.09. The number of hydrogen-bond donors (Lipinski definition) is 0. The van der Waals surface area contributed by atoms with Gasteiger partial charge in [-0.3, -0.25) is 0 Å². The predicted molar refractivity (Wildman–Crippen MR) is 60.9 cm³/mol. The van der Waals surface area contributed by atoms with E-state index >= 15 is 0 Å². The lowest BCUT2D eigenvalue weighted by Crippen LogP contribution is -1.84. The van der Waals surface area contributed by atoms with Crippen molar-refractivity contribution < 1.29 is 0 Å². The summed E-state index contributed by atoms with van der Waals surface area (Å²) in [4.78, 5) is 2.71. The Morgan fingerprint density at radius 2 is 1.92 bits per heavy atom. The Labute approximate surface area is 88.5 Å².